The maximum absolute atomic E-state index is 11.7. The van der Waals surface area contributed by atoms with Gasteiger partial charge in [0.1, 0.15) is 31.6 Å². The van der Waals surface area contributed by atoms with Gasteiger partial charge in [-0.25, -0.2) is 18.7 Å². The van der Waals surface area contributed by atoms with Gasteiger partial charge in [-0.1, -0.05) is 98.3 Å². The molecule has 0 amide bonds. The number of aromatic carboxylic acids is 2. The van der Waals surface area contributed by atoms with E-state index >= 15 is 0 Å². The van der Waals surface area contributed by atoms with Crippen LogP contribution in [0.2, 0.25) is 0 Å². The fourth-order valence-electron chi connectivity index (χ4n) is 5.51. The van der Waals surface area contributed by atoms with Crippen molar-refractivity contribution >= 4 is 11.9 Å². The first-order valence-corrected chi connectivity index (χ1v) is 14.4. The molecule has 0 fully saturated rings. The van der Waals surface area contributed by atoms with Crippen molar-refractivity contribution in [1.29, 1.82) is 0 Å². The van der Waals surface area contributed by atoms with Gasteiger partial charge in [0.25, 0.3) is 5.82 Å². The molecule has 0 aliphatic rings. The third kappa shape index (κ3) is 7.15. The summed E-state index contributed by atoms with van der Waals surface area (Å²) in [6.07, 6.45) is 5.08. The van der Waals surface area contributed by atoms with Gasteiger partial charge in [0.2, 0.25) is 0 Å². The molecule has 44 heavy (non-hydrogen) atoms. The van der Waals surface area contributed by atoms with Crippen molar-refractivity contribution in [2.24, 2.45) is 0 Å². The number of carboxylic acid groups (broad SMARTS) is 2. The molecule has 226 valence electrons. The Bertz CT molecular complexity index is 1740. The zero-order valence-electron chi connectivity index (χ0n) is 24.5. The van der Waals surface area contributed by atoms with Crippen molar-refractivity contribution in [2.45, 2.75) is 45.9 Å². The van der Waals surface area contributed by atoms with E-state index in [1.54, 1.807) is 24.3 Å². The van der Waals surface area contributed by atoms with E-state index in [9.17, 15) is 24.9 Å². The van der Waals surface area contributed by atoms with Gasteiger partial charge in [-0.2, -0.15) is 0 Å². The molecule has 0 saturated carbocycles. The Morgan fingerprint density at radius 2 is 1.23 bits per heavy atom. The van der Waals surface area contributed by atoms with Crippen LogP contribution in [0.5, 0.6) is 0 Å². The second-order valence-corrected chi connectivity index (χ2v) is 10.6. The molecule has 0 bridgehead atoms. The summed E-state index contributed by atoms with van der Waals surface area (Å²) >= 11 is 0. The van der Waals surface area contributed by atoms with Crippen molar-refractivity contribution in [1.82, 2.24) is 4.57 Å². The highest BCUT2D eigenvalue weighted by Crippen LogP contribution is 2.26. The van der Waals surface area contributed by atoms with Gasteiger partial charge in [-0.05, 0) is 51.9 Å². The number of carbonyl (C=O) groups is 2. The summed E-state index contributed by atoms with van der Waals surface area (Å²) in [6.45, 7) is 3.17. The average Bonchev–Trinajstić information content (AvgIpc) is 3.35. The predicted molar refractivity (Wildman–Crippen MR) is 165 cm³/mol. The predicted octanol–water partition coefficient (Wildman–Crippen LogP) is 3.44. The van der Waals surface area contributed by atoms with Crippen LogP contribution in [-0.2, 0) is 26.1 Å². The lowest BCUT2D eigenvalue weighted by atomic mass is 9.98. The first-order valence-electron chi connectivity index (χ1n) is 14.4. The zero-order chi connectivity index (χ0) is 30.3. The molecule has 1 aromatic heterocycles. The smallest absolute Gasteiger partial charge is 0.336 e. The molecule has 0 aliphatic heterocycles. The summed E-state index contributed by atoms with van der Waals surface area (Å²) < 4.78 is 4.26. The molecule has 0 aliphatic carbocycles. The maximum Gasteiger partial charge on any atom is 0.336 e. The van der Waals surface area contributed by atoms with Crippen LogP contribution >= 0.6 is 0 Å². The van der Waals surface area contributed by atoms with Crippen molar-refractivity contribution in [3.8, 4) is 22.3 Å². The number of aromatic nitrogens is 2. The summed E-state index contributed by atoms with van der Waals surface area (Å²) in [5, 5.41) is 29.7. The van der Waals surface area contributed by atoms with Gasteiger partial charge in [-0.15, -0.1) is 0 Å². The van der Waals surface area contributed by atoms with Gasteiger partial charge < -0.3 is 32.3 Å². The number of hydrogen-bond acceptors (Lipinski definition) is 3. The summed E-state index contributed by atoms with van der Waals surface area (Å²) in [5.74, 6) is -1.11. The van der Waals surface area contributed by atoms with Crippen LogP contribution in [0.15, 0.2) is 103 Å². The van der Waals surface area contributed by atoms with Crippen LogP contribution in [0.25, 0.3) is 22.3 Å². The van der Waals surface area contributed by atoms with Gasteiger partial charge in [0.15, 0.2) is 0 Å². The molecule has 0 radical (unpaired) electrons. The third-order valence-corrected chi connectivity index (χ3v) is 7.76. The van der Waals surface area contributed by atoms with E-state index in [1.807, 2.05) is 72.8 Å². The van der Waals surface area contributed by atoms with Gasteiger partial charge in [-0.3, -0.25) is 0 Å². The minimum Gasteiger partial charge on any atom is -1.00 e. The lowest BCUT2D eigenvalue weighted by Gasteiger charge is -2.09. The maximum atomic E-state index is 11.7. The Hall–Kier alpha value is -4.53. The number of aryl methyl sites for hydroxylation is 1. The molecular formula is C36H35BrN2O5. The van der Waals surface area contributed by atoms with Crippen LogP contribution in [0.4, 0.5) is 0 Å². The standard InChI is InChI=1S/C36H34N2O5.BrH/c1-2-3-8-29-23-37(21-25-13-17-27(18-14-25)30-9-4-6-11-32(30)35(40)41)34(24-39)38(29)22-26-15-19-28(20-16-26)31-10-5-7-12-33(31)36(42)43;/h4-7,9-20,23,39H,2-3,8,21-22,24H2,1H3,(H-,40,41,42,43);1H. The Labute approximate surface area is 267 Å². The van der Waals surface area contributed by atoms with Crippen LogP contribution in [-0.4, -0.2) is 31.8 Å². The van der Waals surface area contributed by atoms with Crippen LogP contribution < -0.4 is 21.5 Å². The second kappa shape index (κ2) is 14.8. The van der Waals surface area contributed by atoms with Crippen LogP contribution in [0.1, 0.15) is 63.1 Å². The zero-order valence-corrected chi connectivity index (χ0v) is 26.1. The third-order valence-electron chi connectivity index (χ3n) is 7.76. The number of aliphatic hydroxyl groups excluding tert-OH is 1. The minimum absolute atomic E-state index is 0. The van der Waals surface area contributed by atoms with E-state index < -0.39 is 11.9 Å². The largest absolute Gasteiger partial charge is 1.00 e. The van der Waals surface area contributed by atoms with Crippen LogP contribution in [0, 0.1) is 0 Å². The summed E-state index contributed by atoms with van der Waals surface area (Å²) in [5.41, 5.74) is 6.79. The lowest BCUT2D eigenvalue weighted by molar-refractivity contribution is -0.697. The number of hydrogen-bond donors (Lipinski definition) is 3. The van der Waals surface area contributed by atoms with Crippen molar-refractivity contribution in [3.05, 3.63) is 137 Å². The van der Waals surface area contributed by atoms with E-state index in [4.69, 9.17) is 0 Å². The number of carboxylic acids is 2. The van der Waals surface area contributed by atoms with Gasteiger partial charge >= 0.3 is 11.9 Å². The van der Waals surface area contributed by atoms with E-state index in [0.29, 0.717) is 24.2 Å². The van der Waals surface area contributed by atoms with E-state index in [2.05, 4.69) is 22.3 Å². The summed E-state index contributed by atoms with van der Waals surface area (Å²) in [7, 11) is 0. The summed E-state index contributed by atoms with van der Waals surface area (Å²) in [4.78, 5) is 23.4. The molecular weight excluding hydrogens is 620 g/mol. The fraction of sp³-hybridized carbons (Fsp3) is 0.194. The minimum atomic E-state index is -0.955. The quantitative estimate of drug-likeness (QED) is 0.179. The van der Waals surface area contributed by atoms with E-state index in [0.717, 1.165) is 53.0 Å². The van der Waals surface area contributed by atoms with Crippen molar-refractivity contribution in [2.75, 3.05) is 0 Å². The van der Waals surface area contributed by atoms with E-state index in [1.165, 1.54) is 0 Å². The second-order valence-electron chi connectivity index (χ2n) is 10.6. The molecule has 0 atom stereocenters. The molecule has 0 spiro atoms. The molecule has 4 aromatic carbocycles. The average molecular weight is 656 g/mol. The molecule has 0 saturated heterocycles. The van der Waals surface area contributed by atoms with E-state index in [-0.39, 0.29) is 34.7 Å². The normalized spacial score (nSPS) is 10.8. The highest BCUT2D eigenvalue weighted by Gasteiger charge is 2.23. The molecule has 0 unspecified atom stereocenters. The van der Waals surface area contributed by atoms with Crippen molar-refractivity contribution in [3.63, 3.8) is 0 Å². The Balaban J connectivity index is 0.00000442. The van der Waals surface area contributed by atoms with Crippen LogP contribution in [0.3, 0.4) is 0 Å². The number of aliphatic hydroxyl groups is 1. The SMILES string of the molecule is CCCCc1c[n+](Cc2ccc(-c3ccccc3C(=O)O)cc2)c(CO)n1Cc1ccc(-c2ccccc2C(=O)O)cc1.[Br-]. The highest BCUT2D eigenvalue weighted by molar-refractivity contribution is 5.96. The molecule has 8 heteroatoms. The van der Waals surface area contributed by atoms with Crippen molar-refractivity contribution < 1.29 is 46.5 Å². The molecule has 5 aromatic rings. The topological polar surface area (TPSA) is 104 Å². The first kappa shape index (κ1) is 32.4. The first-order chi connectivity index (χ1) is 20.9. The monoisotopic (exact) mass is 654 g/mol. The number of rotatable bonds is 12. The number of halogens is 1. The van der Waals surface area contributed by atoms with Gasteiger partial charge in [0.05, 0.1) is 11.1 Å². The molecule has 3 N–H and O–H groups in total. The summed E-state index contributed by atoms with van der Waals surface area (Å²) in [6, 6.07) is 29.8. The fourth-order valence-corrected chi connectivity index (χ4v) is 5.51. The lowest BCUT2D eigenvalue weighted by Crippen LogP contribution is -3.00. The Morgan fingerprint density at radius 3 is 1.70 bits per heavy atom. The highest BCUT2D eigenvalue weighted by atomic mass is 79.9. The van der Waals surface area contributed by atoms with Gasteiger partial charge in [0, 0.05) is 6.42 Å². The number of unbranched alkanes of at least 4 members (excludes halogenated alkanes) is 1. The number of imidazole rings is 1. The molecule has 5 rings (SSSR count). The molecule has 7 nitrogen and oxygen atoms in total. The number of nitrogens with zero attached hydrogens (tertiary/aromatic N) is 2. The Kier molecular flexibility index (Phi) is 10.9. The Morgan fingerprint density at radius 1 is 0.727 bits per heavy atom. The molecule has 1 heterocycles. The number of benzene rings is 4.